The van der Waals surface area contributed by atoms with Gasteiger partial charge >= 0.3 is 0 Å². The van der Waals surface area contributed by atoms with Crippen LogP contribution in [0.25, 0.3) is 22.4 Å². The predicted molar refractivity (Wildman–Crippen MR) is 135 cm³/mol. The number of aliphatic hydroxyl groups is 1. The molecule has 0 spiro atoms. The third kappa shape index (κ3) is 6.44. The molecule has 35 heavy (non-hydrogen) atoms. The standard InChI is InChI=1S/C25H31N7O3/c1-17(6-3-4-11-29-34)13-27-24-22-15-28-32(19-9-10-19)25(22)31-23(30-24)18-7-5-8-21(12-18)35-16-20(33)14-26-2/h3-8,11-12,15,19-20,26,29,33-34H,1,9-10,13-14,16H2,2H3,(H,27,30,31)/b6-3-,11-4-. The Morgan fingerprint density at radius 2 is 2.17 bits per heavy atom. The monoisotopic (exact) mass is 477 g/mol. The fourth-order valence-corrected chi connectivity index (χ4v) is 3.53. The predicted octanol–water partition coefficient (Wildman–Crippen LogP) is 2.80. The SMILES string of the molecule is C=C(/C=C\C=C/NO)CNc1nc(-c2cccc(OCC(O)CNC)c2)nc2c1cnn2C1CC1. The quantitative estimate of drug-likeness (QED) is 0.186. The van der Waals surface area contributed by atoms with Crippen LogP contribution in [0.3, 0.4) is 0 Å². The third-order valence-electron chi connectivity index (χ3n) is 5.42. The molecule has 2 aromatic heterocycles. The second kappa shape index (κ2) is 11.6. The van der Waals surface area contributed by atoms with Gasteiger partial charge in [-0.15, -0.1) is 0 Å². The molecular formula is C25H31N7O3. The number of anilines is 1. The van der Waals surface area contributed by atoms with E-state index < -0.39 is 6.10 Å². The molecule has 0 aliphatic heterocycles. The number of hydrogen-bond acceptors (Lipinski definition) is 9. The molecule has 5 N–H and O–H groups in total. The molecule has 1 atom stereocenters. The maximum absolute atomic E-state index is 9.94. The summed E-state index contributed by atoms with van der Waals surface area (Å²) >= 11 is 0. The van der Waals surface area contributed by atoms with Gasteiger partial charge in [-0.25, -0.2) is 14.6 Å². The minimum Gasteiger partial charge on any atom is -0.491 e. The van der Waals surface area contributed by atoms with Crippen LogP contribution in [0.5, 0.6) is 5.75 Å². The van der Waals surface area contributed by atoms with E-state index in [4.69, 9.17) is 19.9 Å². The number of aliphatic hydroxyl groups excluding tert-OH is 1. The maximum atomic E-state index is 9.94. The molecule has 10 heteroatoms. The molecular weight excluding hydrogens is 446 g/mol. The summed E-state index contributed by atoms with van der Waals surface area (Å²) in [6.07, 6.45) is 10.1. The molecule has 0 radical (unpaired) electrons. The molecule has 1 unspecified atom stereocenters. The Morgan fingerprint density at radius 1 is 1.31 bits per heavy atom. The van der Waals surface area contributed by atoms with Crippen LogP contribution in [0.15, 0.2) is 67.0 Å². The summed E-state index contributed by atoms with van der Waals surface area (Å²) in [5, 5.41) is 30.2. The molecule has 0 amide bonds. The Hall–Kier alpha value is -3.73. The van der Waals surface area contributed by atoms with Gasteiger partial charge in [0.15, 0.2) is 11.5 Å². The van der Waals surface area contributed by atoms with Gasteiger partial charge in [-0.2, -0.15) is 5.10 Å². The Kier molecular flexibility index (Phi) is 8.09. The first-order valence-corrected chi connectivity index (χ1v) is 11.5. The first-order chi connectivity index (χ1) is 17.1. The lowest BCUT2D eigenvalue weighted by Crippen LogP contribution is -2.29. The zero-order chi connectivity index (χ0) is 24.6. The molecule has 2 heterocycles. The fourth-order valence-electron chi connectivity index (χ4n) is 3.53. The lowest BCUT2D eigenvalue weighted by molar-refractivity contribution is 0.108. The average Bonchev–Trinajstić information content (AvgIpc) is 3.62. The smallest absolute Gasteiger partial charge is 0.164 e. The normalized spacial score (nSPS) is 14.6. The van der Waals surface area contributed by atoms with Gasteiger partial charge in [-0.05, 0) is 43.7 Å². The van der Waals surface area contributed by atoms with Crippen molar-refractivity contribution < 1.29 is 15.1 Å². The van der Waals surface area contributed by atoms with Crippen LogP contribution < -0.4 is 20.9 Å². The summed E-state index contributed by atoms with van der Waals surface area (Å²) in [6.45, 7) is 5.17. The number of rotatable bonds is 13. The zero-order valence-electron chi connectivity index (χ0n) is 19.7. The van der Waals surface area contributed by atoms with Gasteiger partial charge in [0.25, 0.3) is 0 Å². The molecule has 0 bridgehead atoms. The first-order valence-electron chi connectivity index (χ1n) is 11.5. The summed E-state index contributed by atoms with van der Waals surface area (Å²) in [5.74, 6) is 1.87. The average molecular weight is 478 g/mol. The number of benzene rings is 1. The molecule has 1 aliphatic carbocycles. The molecule has 1 fully saturated rings. The lowest BCUT2D eigenvalue weighted by atomic mass is 10.2. The van der Waals surface area contributed by atoms with E-state index in [0.29, 0.717) is 36.5 Å². The molecule has 0 saturated heterocycles. The minimum atomic E-state index is -0.600. The van der Waals surface area contributed by atoms with E-state index in [9.17, 15) is 5.11 Å². The lowest BCUT2D eigenvalue weighted by Gasteiger charge is -2.13. The highest BCUT2D eigenvalue weighted by Gasteiger charge is 2.27. The van der Waals surface area contributed by atoms with E-state index in [1.54, 1.807) is 25.4 Å². The van der Waals surface area contributed by atoms with Crippen molar-refractivity contribution in [2.24, 2.45) is 0 Å². The highest BCUT2D eigenvalue weighted by molar-refractivity contribution is 5.88. The number of aromatic nitrogens is 4. The Bertz CT molecular complexity index is 1220. The third-order valence-corrected chi connectivity index (χ3v) is 5.42. The van der Waals surface area contributed by atoms with Crippen molar-refractivity contribution in [3.8, 4) is 17.1 Å². The summed E-state index contributed by atoms with van der Waals surface area (Å²) in [7, 11) is 1.78. The number of hydroxylamine groups is 1. The molecule has 1 aromatic carbocycles. The van der Waals surface area contributed by atoms with E-state index in [-0.39, 0.29) is 6.61 Å². The van der Waals surface area contributed by atoms with E-state index in [2.05, 4.69) is 22.3 Å². The molecule has 4 rings (SSSR count). The summed E-state index contributed by atoms with van der Waals surface area (Å²) in [6, 6.07) is 7.91. The van der Waals surface area contributed by atoms with E-state index >= 15 is 0 Å². The Labute approximate surface area is 204 Å². The number of nitrogens with one attached hydrogen (secondary N) is 3. The van der Waals surface area contributed by atoms with Gasteiger partial charge in [0.05, 0.1) is 17.6 Å². The summed E-state index contributed by atoms with van der Waals surface area (Å²) < 4.78 is 7.74. The van der Waals surface area contributed by atoms with Crippen molar-refractivity contribution >= 4 is 16.9 Å². The topological polar surface area (TPSA) is 129 Å². The summed E-state index contributed by atoms with van der Waals surface area (Å²) in [5.41, 5.74) is 4.38. The van der Waals surface area contributed by atoms with Crippen LogP contribution in [0.4, 0.5) is 5.82 Å². The molecule has 3 aromatic rings. The largest absolute Gasteiger partial charge is 0.491 e. The van der Waals surface area contributed by atoms with Crippen LogP contribution >= 0.6 is 0 Å². The van der Waals surface area contributed by atoms with Crippen molar-refractivity contribution in [1.29, 1.82) is 0 Å². The van der Waals surface area contributed by atoms with E-state index in [1.165, 1.54) is 6.20 Å². The highest BCUT2D eigenvalue weighted by Crippen LogP contribution is 2.37. The van der Waals surface area contributed by atoms with Crippen molar-refractivity contribution in [3.05, 3.63) is 67.0 Å². The van der Waals surface area contributed by atoms with Gasteiger partial charge in [-0.1, -0.05) is 30.9 Å². The van der Waals surface area contributed by atoms with Crippen molar-refractivity contribution in [2.45, 2.75) is 25.0 Å². The second-order valence-corrected chi connectivity index (χ2v) is 8.36. The summed E-state index contributed by atoms with van der Waals surface area (Å²) in [4.78, 5) is 9.65. The van der Waals surface area contributed by atoms with Crippen LogP contribution in [-0.2, 0) is 0 Å². The molecule has 1 saturated carbocycles. The minimum absolute atomic E-state index is 0.185. The highest BCUT2D eigenvalue weighted by atomic mass is 16.5. The van der Waals surface area contributed by atoms with Crippen molar-refractivity contribution in [3.63, 3.8) is 0 Å². The Morgan fingerprint density at radius 3 is 2.94 bits per heavy atom. The number of fused-ring (bicyclic) bond motifs is 1. The van der Waals surface area contributed by atoms with Crippen LogP contribution in [0, 0.1) is 0 Å². The van der Waals surface area contributed by atoms with Gasteiger partial charge in [0.2, 0.25) is 0 Å². The fraction of sp³-hybridized carbons (Fsp3) is 0.320. The number of allylic oxidation sites excluding steroid dienone is 2. The number of nitrogens with zero attached hydrogens (tertiary/aromatic N) is 4. The second-order valence-electron chi connectivity index (χ2n) is 8.36. The van der Waals surface area contributed by atoms with Crippen molar-refractivity contribution in [1.82, 2.24) is 30.5 Å². The molecule has 184 valence electrons. The Balaban J connectivity index is 1.59. The zero-order valence-corrected chi connectivity index (χ0v) is 19.7. The van der Waals surface area contributed by atoms with E-state index in [1.807, 2.05) is 40.5 Å². The van der Waals surface area contributed by atoms with Crippen LogP contribution in [0.2, 0.25) is 0 Å². The molecule has 1 aliphatic rings. The van der Waals surface area contributed by atoms with Gasteiger partial charge in [-0.3, -0.25) is 10.7 Å². The van der Waals surface area contributed by atoms with Gasteiger partial charge < -0.3 is 20.5 Å². The van der Waals surface area contributed by atoms with Crippen molar-refractivity contribution in [2.75, 3.05) is 32.1 Å². The number of ether oxygens (including phenoxy) is 1. The van der Waals surface area contributed by atoms with Crippen LogP contribution in [-0.4, -0.2) is 62.9 Å². The number of likely N-dealkylation sites (N-methyl/N-ethyl adjacent to an activating group) is 1. The van der Waals surface area contributed by atoms with E-state index in [0.717, 1.165) is 35.0 Å². The van der Waals surface area contributed by atoms with Gasteiger partial charge in [0, 0.05) is 24.9 Å². The first kappa shape index (κ1) is 24.4. The number of hydrogen-bond donors (Lipinski definition) is 5. The van der Waals surface area contributed by atoms with Gasteiger partial charge in [0.1, 0.15) is 24.3 Å². The maximum Gasteiger partial charge on any atom is 0.164 e. The molecule has 10 nitrogen and oxygen atoms in total. The van der Waals surface area contributed by atoms with Crippen LogP contribution in [0.1, 0.15) is 18.9 Å².